The van der Waals surface area contributed by atoms with Gasteiger partial charge in [-0.15, -0.1) is 0 Å². The van der Waals surface area contributed by atoms with Crippen LogP contribution in [0.5, 0.6) is 0 Å². The van der Waals surface area contributed by atoms with Crippen LogP contribution in [0, 0.1) is 5.41 Å². The Bertz CT molecular complexity index is 626. The Hall–Kier alpha value is -0.960. The number of ether oxygens (including phenoxy) is 2. The minimum Gasteiger partial charge on any atom is -0.384 e. The summed E-state index contributed by atoms with van der Waals surface area (Å²) in [6.07, 6.45) is 5.71. The van der Waals surface area contributed by atoms with E-state index in [-0.39, 0.29) is 16.5 Å². The normalized spacial score (nSPS) is 30.2. The lowest BCUT2D eigenvalue weighted by Gasteiger charge is -2.49. The van der Waals surface area contributed by atoms with Crippen LogP contribution in [0.3, 0.4) is 0 Å². The molecule has 1 aromatic rings. The largest absolute Gasteiger partial charge is 0.384 e. The molecule has 1 aromatic heterocycles. The maximum Gasteiger partial charge on any atom is 0.262 e. The summed E-state index contributed by atoms with van der Waals surface area (Å²) in [6, 6.07) is 0. The summed E-state index contributed by atoms with van der Waals surface area (Å²) >= 11 is 0. The Morgan fingerprint density at radius 3 is 3.05 bits per heavy atom. The first kappa shape index (κ1) is 15.9. The van der Waals surface area contributed by atoms with E-state index in [0.29, 0.717) is 26.1 Å². The predicted molar refractivity (Wildman–Crippen MR) is 79.9 cm³/mol. The first-order valence-corrected chi connectivity index (χ1v) is 9.01. The number of rotatable bonds is 4. The first-order valence-electron chi connectivity index (χ1n) is 7.57. The zero-order chi connectivity index (χ0) is 15.8. The fourth-order valence-corrected chi connectivity index (χ4v) is 5.12. The molecule has 3 rings (SSSR count). The second-order valence-corrected chi connectivity index (χ2v) is 8.15. The van der Waals surface area contributed by atoms with Crippen LogP contribution in [0.2, 0.25) is 0 Å². The van der Waals surface area contributed by atoms with E-state index in [2.05, 4.69) is 4.98 Å². The van der Waals surface area contributed by atoms with E-state index < -0.39 is 10.0 Å². The lowest BCUT2D eigenvalue weighted by Crippen LogP contribution is -2.57. The van der Waals surface area contributed by atoms with Gasteiger partial charge in [0.25, 0.3) is 10.0 Å². The molecule has 0 aromatic carbocycles. The average Bonchev–Trinajstić information content (AvgIpc) is 2.94. The number of imidazole rings is 1. The summed E-state index contributed by atoms with van der Waals surface area (Å²) in [4.78, 5) is 4.01. The molecule has 0 aliphatic carbocycles. The van der Waals surface area contributed by atoms with Gasteiger partial charge >= 0.3 is 0 Å². The highest BCUT2D eigenvalue weighted by Gasteiger charge is 2.48. The van der Waals surface area contributed by atoms with Gasteiger partial charge in [-0.25, -0.2) is 13.4 Å². The molecular formula is C14H23N3O4S. The predicted octanol–water partition coefficient (Wildman–Crippen LogP) is 0.626. The Morgan fingerprint density at radius 2 is 2.36 bits per heavy atom. The highest BCUT2D eigenvalue weighted by Crippen LogP contribution is 2.41. The molecule has 2 saturated heterocycles. The maximum atomic E-state index is 12.8. The topological polar surface area (TPSA) is 73.7 Å². The van der Waals surface area contributed by atoms with Gasteiger partial charge in [0, 0.05) is 45.5 Å². The Balaban J connectivity index is 1.87. The molecule has 0 saturated carbocycles. The van der Waals surface area contributed by atoms with Gasteiger partial charge in [-0.05, 0) is 19.3 Å². The highest BCUT2D eigenvalue weighted by molar-refractivity contribution is 7.89. The molecule has 3 heterocycles. The van der Waals surface area contributed by atoms with Crippen LogP contribution >= 0.6 is 0 Å². The molecule has 2 fully saturated rings. The monoisotopic (exact) mass is 329 g/mol. The maximum absolute atomic E-state index is 12.8. The zero-order valence-corrected chi connectivity index (χ0v) is 13.9. The third-order valence-electron chi connectivity index (χ3n) is 4.67. The van der Waals surface area contributed by atoms with Crippen molar-refractivity contribution in [2.24, 2.45) is 12.5 Å². The standard InChI is InChI=1S/C14H23N3O4S/c1-16-8-13(15-11-16)22(18,19)17-6-4-12-14(9-17,10-20-2)5-3-7-21-12/h8,11-12H,3-7,9-10H2,1-2H3. The van der Waals surface area contributed by atoms with E-state index in [9.17, 15) is 8.42 Å². The van der Waals surface area contributed by atoms with Crippen molar-refractivity contribution in [1.82, 2.24) is 13.9 Å². The number of hydrogen-bond acceptors (Lipinski definition) is 5. The quantitative estimate of drug-likeness (QED) is 0.810. The van der Waals surface area contributed by atoms with Crippen LogP contribution in [0.1, 0.15) is 19.3 Å². The molecule has 2 aliphatic rings. The molecular weight excluding hydrogens is 306 g/mol. The number of aryl methyl sites for hydroxylation is 1. The lowest BCUT2D eigenvalue weighted by atomic mass is 9.73. The van der Waals surface area contributed by atoms with Crippen molar-refractivity contribution in [1.29, 1.82) is 0 Å². The smallest absolute Gasteiger partial charge is 0.262 e. The van der Waals surface area contributed by atoms with Crippen molar-refractivity contribution >= 4 is 10.0 Å². The fraction of sp³-hybridized carbons (Fsp3) is 0.786. The van der Waals surface area contributed by atoms with Crippen molar-refractivity contribution in [2.45, 2.75) is 30.4 Å². The number of methoxy groups -OCH3 is 1. The van der Waals surface area contributed by atoms with Gasteiger partial charge in [-0.1, -0.05) is 0 Å². The summed E-state index contributed by atoms with van der Waals surface area (Å²) < 4.78 is 40.0. The number of nitrogens with zero attached hydrogens (tertiary/aromatic N) is 3. The van der Waals surface area contributed by atoms with Crippen LogP contribution < -0.4 is 0 Å². The van der Waals surface area contributed by atoms with Crippen molar-refractivity contribution in [3.05, 3.63) is 12.5 Å². The summed E-state index contributed by atoms with van der Waals surface area (Å²) in [5.74, 6) is 0. The Labute approximate surface area is 131 Å². The molecule has 0 bridgehead atoms. The molecule has 0 spiro atoms. The molecule has 0 N–H and O–H groups in total. The van der Waals surface area contributed by atoms with Crippen LogP contribution in [0.15, 0.2) is 17.6 Å². The molecule has 2 atom stereocenters. The molecule has 2 unspecified atom stereocenters. The average molecular weight is 329 g/mol. The van der Waals surface area contributed by atoms with E-state index in [1.807, 2.05) is 0 Å². The number of sulfonamides is 1. The SMILES string of the molecule is COCC12CCCOC1CCN(S(=O)(=O)c1cn(C)cn1)C2. The molecule has 124 valence electrons. The highest BCUT2D eigenvalue weighted by atomic mass is 32.2. The van der Waals surface area contributed by atoms with Gasteiger partial charge in [0.2, 0.25) is 0 Å². The number of hydrogen-bond donors (Lipinski definition) is 0. The number of aromatic nitrogens is 2. The van der Waals surface area contributed by atoms with E-state index in [1.54, 1.807) is 29.2 Å². The van der Waals surface area contributed by atoms with Crippen LogP contribution in [-0.4, -0.2) is 61.8 Å². The summed E-state index contributed by atoms with van der Waals surface area (Å²) in [5, 5.41) is 0.109. The van der Waals surface area contributed by atoms with E-state index in [4.69, 9.17) is 9.47 Å². The molecule has 0 amide bonds. The van der Waals surface area contributed by atoms with E-state index >= 15 is 0 Å². The number of piperidine rings is 1. The number of fused-ring (bicyclic) bond motifs is 1. The van der Waals surface area contributed by atoms with Crippen molar-refractivity contribution in [2.75, 3.05) is 33.4 Å². The second-order valence-electron chi connectivity index (χ2n) is 6.26. The van der Waals surface area contributed by atoms with Gasteiger partial charge in [-0.3, -0.25) is 0 Å². The molecule has 2 aliphatic heterocycles. The second kappa shape index (κ2) is 5.92. The first-order chi connectivity index (χ1) is 10.5. The van der Waals surface area contributed by atoms with Crippen LogP contribution in [-0.2, 0) is 26.5 Å². The van der Waals surface area contributed by atoms with Gasteiger partial charge in [0.05, 0.1) is 19.0 Å². The lowest BCUT2D eigenvalue weighted by molar-refractivity contribution is -0.137. The Kier molecular flexibility index (Phi) is 4.28. The molecule has 8 heteroatoms. The van der Waals surface area contributed by atoms with E-state index in [0.717, 1.165) is 19.4 Å². The van der Waals surface area contributed by atoms with Crippen molar-refractivity contribution < 1.29 is 17.9 Å². The molecule has 0 radical (unpaired) electrons. The van der Waals surface area contributed by atoms with Crippen LogP contribution in [0.25, 0.3) is 0 Å². The van der Waals surface area contributed by atoms with Crippen LogP contribution in [0.4, 0.5) is 0 Å². The van der Waals surface area contributed by atoms with Crippen molar-refractivity contribution in [3.8, 4) is 0 Å². The van der Waals surface area contributed by atoms with E-state index in [1.165, 1.54) is 6.33 Å². The fourth-order valence-electron chi connectivity index (χ4n) is 3.61. The van der Waals surface area contributed by atoms with Gasteiger partial charge in [0.1, 0.15) is 0 Å². The zero-order valence-electron chi connectivity index (χ0n) is 13.1. The van der Waals surface area contributed by atoms with Gasteiger partial charge in [0.15, 0.2) is 5.03 Å². The minimum atomic E-state index is -3.56. The Morgan fingerprint density at radius 1 is 1.55 bits per heavy atom. The van der Waals surface area contributed by atoms with Gasteiger partial charge in [-0.2, -0.15) is 4.31 Å². The van der Waals surface area contributed by atoms with Gasteiger partial charge < -0.3 is 14.0 Å². The summed E-state index contributed by atoms with van der Waals surface area (Å²) in [7, 11) is -0.135. The molecule has 22 heavy (non-hydrogen) atoms. The third-order valence-corrected chi connectivity index (χ3v) is 6.40. The summed E-state index contributed by atoms with van der Waals surface area (Å²) in [6.45, 7) is 2.18. The van der Waals surface area contributed by atoms with Crippen molar-refractivity contribution in [3.63, 3.8) is 0 Å². The minimum absolute atomic E-state index is 0.0800. The summed E-state index contributed by atoms with van der Waals surface area (Å²) in [5.41, 5.74) is -0.243. The molecule has 7 nitrogen and oxygen atoms in total. The third kappa shape index (κ3) is 2.68.